The molecule has 6 rings (SSSR count). The monoisotopic (exact) mass is 582 g/mol. The van der Waals surface area contributed by atoms with Crippen molar-refractivity contribution >= 4 is 51.9 Å². The maximum absolute atomic E-state index is 12.8. The van der Waals surface area contributed by atoms with Gasteiger partial charge in [0.2, 0.25) is 5.95 Å². The highest BCUT2D eigenvalue weighted by molar-refractivity contribution is 6.33. The number of carbonyl (C=O) groups excluding carboxylic acids is 1. The number of furan rings is 1. The standard InChI is InChI=1S/C30H39ClN6O4/c1-29(2,3)41-28(38)37-11-4-8-30(20-37)9-12-36(13-10-30)26-25-23(7-16-40-25)33-27(34-26)32-21-5-6-24(22(31)19-21)35-14-17-39-18-15-35/h5-7,16,19H,4,8-15,17-18,20H2,1-3H3,(H,32,33,34). The van der Waals surface area contributed by atoms with Gasteiger partial charge in [-0.3, -0.25) is 0 Å². The summed E-state index contributed by atoms with van der Waals surface area (Å²) in [5, 5.41) is 4.03. The van der Waals surface area contributed by atoms with Crippen molar-refractivity contribution in [3.63, 3.8) is 0 Å². The van der Waals surface area contributed by atoms with E-state index in [1.807, 2.05) is 49.9 Å². The normalized spacial score (nSPS) is 19.6. The minimum absolute atomic E-state index is 0.0982. The number of carbonyl (C=O) groups is 1. The van der Waals surface area contributed by atoms with Gasteiger partial charge >= 0.3 is 6.09 Å². The van der Waals surface area contributed by atoms with Crippen LogP contribution < -0.4 is 15.1 Å². The molecule has 10 nitrogen and oxygen atoms in total. The maximum atomic E-state index is 12.8. The van der Waals surface area contributed by atoms with E-state index in [0.29, 0.717) is 29.8 Å². The molecule has 3 fully saturated rings. The lowest BCUT2D eigenvalue weighted by molar-refractivity contribution is -0.000545. The Bertz CT molecular complexity index is 1390. The Morgan fingerprint density at radius 2 is 1.80 bits per heavy atom. The van der Waals surface area contributed by atoms with Crippen LogP contribution in [0, 0.1) is 5.41 Å². The van der Waals surface area contributed by atoms with Gasteiger partial charge in [0.05, 0.1) is 30.2 Å². The summed E-state index contributed by atoms with van der Waals surface area (Å²) in [5.74, 6) is 1.28. The first-order chi connectivity index (χ1) is 19.7. The molecule has 1 N–H and O–H groups in total. The van der Waals surface area contributed by atoms with Crippen LogP contribution in [0.4, 0.5) is 27.9 Å². The summed E-state index contributed by atoms with van der Waals surface area (Å²) in [6, 6.07) is 7.82. The Labute approximate surface area is 245 Å². The number of hydrogen-bond donors (Lipinski definition) is 1. The zero-order valence-electron chi connectivity index (χ0n) is 24.1. The van der Waals surface area contributed by atoms with Gasteiger partial charge in [-0.15, -0.1) is 0 Å². The van der Waals surface area contributed by atoms with Crippen LogP contribution in [-0.4, -0.2) is 79.0 Å². The Hall–Kier alpha value is -3.24. The molecule has 5 heterocycles. The average molecular weight is 583 g/mol. The van der Waals surface area contributed by atoms with Gasteiger partial charge in [0.15, 0.2) is 11.4 Å². The van der Waals surface area contributed by atoms with E-state index in [2.05, 4.69) is 15.1 Å². The fraction of sp³-hybridized carbons (Fsp3) is 0.567. The number of anilines is 4. The Balaban J connectivity index is 1.16. The summed E-state index contributed by atoms with van der Waals surface area (Å²) in [7, 11) is 0. The molecule has 3 aliphatic heterocycles. The van der Waals surface area contributed by atoms with Crippen molar-refractivity contribution in [2.45, 2.75) is 52.1 Å². The first kappa shape index (κ1) is 27.9. The molecule has 2 aromatic heterocycles. The molecular weight excluding hydrogens is 544 g/mol. The third-order valence-corrected chi connectivity index (χ3v) is 8.58. The smallest absolute Gasteiger partial charge is 0.410 e. The molecule has 3 aliphatic rings. The van der Waals surface area contributed by atoms with Gasteiger partial charge in [0.1, 0.15) is 11.1 Å². The van der Waals surface area contributed by atoms with Crippen LogP contribution >= 0.6 is 11.6 Å². The largest absolute Gasteiger partial charge is 0.459 e. The van der Waals surface area contributed by atoms with Crippen molar-refractivity contribution in [2.24, 2.45) is 5.41 Å². The molecule has 0 bridgehead atoms. The van der Waals surface area contributed by atoms with Crippen molar-refractivity contribution in [1.82, 2.24) is 14.9 Å². The Morgan fingerprint density at radius 3 is 2.54 bits per heavy atom. The van der Waals surface area contributed by atoms with E-state index in [9.17, 15) is 4.79 Å². The third-order valence-electron chi connectivity index (χ3n) is 8.28. The summed E-state index contributed by atoms with van der Waals surface area (Å²) in [6.45, 7) is 12.0. The summed E-state index contributed by atoms with van der Waals surface area (Å²) in [5.41, 5.74) is 2.87. The van der Waals surface area contributed by atoms with Crippen molar-refractivity contribution in [1.29, 1.82) is 0 Å². The second-order valence-corrected chi connectivity index (χ2v) is 12.8. The topological polar surface area (TPSA) is 96.2 Å². The van der Waals surface area contributed by atoms with Crippen molar-refractivity contribution in [2.75, 3.05) is 67.6 Å². The minimum Gasteiger partial charge on any atom is -0.459 e. The van der Waals surface area contributed by atoms with Gasteiger partial charge < -0.3 is 33.9 Å². The molecule has 11 heteroatoms. The number of morpholine rings is 1. The second-order valence-electron chi connectivity index (χ2n) is 12.4. The summed E-state index contributed by atoms with van der Waals surface area (Å²) < 4.78 is 17.0. The fourth-order valence-electron chi connectivity index (χ4n) is 6.18. The van der Waals surface area contributed by atoms with E-state index in [4.69, 9.17) is 35.5 Å². The number of ether oxygens (including phenoxy) is 2. The van der Waals surface area contributed by atoms with Crippen LogP contribution in [-0.2, 0) is 9.47 Å². The molecule has 0 atom stereocenters. The van der Waals surface area contributed by atoms with Crippen LogP contribution in [0.15, 0.2) is 34.9 Å². The van der Waals surface area contributed by atoms with Crippen molar-refractivity contribution in [3.8, 4) is 0 Å². The van der Waals surface area contributed by atoms with Crippen molar-refractivity contribution in [3.05, 3.63) is 35.6 Å². The molecule has 0 radical (unpaired) electrons. The SMILES string of the molecule is CC(C)(C)OC(=O)N1CCCC2(CCN(c3nc(Nc4ccc(N5CCOCC5)c(Cl)c4)nc4ccoc34)CC2)C1. The lowest BCUT2D eigenvalue weighted by Crippen LogP contribution is -2.52. The van der Waals surface area contributed by atoms with Gasteiger partial charge in [-0.25, -0.2) is 9.78 Å². The molecule has 220 valence electrons. The van der Waals surface area contributed by atoms with Crippen LogP contribution in [0.3, 0.4) is 0 Å². The first-order valence-corrected chi connectivity index (χ1v) is 14.9. The number of halogens is 1. The van der Waals surface area contributed by atoms with Crippen LogP contribution in [0.1, 0.15) is 46.5 Å². The predicted octanol–water partition coefficient (Wildman–Crippen LogP) is 6.07. The number of benzene rings is 1. The first-order valence-electron chi connectivity index (χ1n) is 14.6. The van der Waals surface area contributed by atoms with Gasteiger partial charge in [0, 0.05) is 51.0 Å². The minimum atomic E-state index is -0.492. The molecule has 0 aliphatic carbocycles. The predicted molar refractivity (Wildman–Crippen MR) is 160 cm³/mol. The van der Waals surface area contributed by atoms with Gasteiger partial charge in [-0.1, -0.05) is 11.6 Å². The van der Waals surface area contributed by atoms with E-state index in [1.165, 1.54) is 0 Å². The highest BCUT2D eigenvalue weighted by atomic mass is 35.5. The number of likely N-dealkylation sites (tertiary alicyclic amines) is 1. The zero-order chi connectivity index (χ0) is 28.6. The second kappa shape index (κ2) is 11.2. The molecular formula is C30H39ClN6O4. The third kappa shape index (κ3) is 6.18. The maximum Gasteiger partial charge on any atom is 0.410 e. The average Bonchev–Trinajstić information content (AvgIpc) is 3.42. The quantitative estimate of drug-likeness (QED) is 0.393. The Morgan fingerprint density at radius 1 is 1.02 bits per heavy atom. The van der Waals surface area contributed by atoms with Crippen molar-refractivity contribution < 1.29 is 18.7 Å². The molecule has 3 saturated heterocycles. The summed E-state index contributed by atoms with van der Waals surface area (Å²) >= 11 is 6.67. The lowest BCUT2D eigenvalue weighted by Gasteiger charge is -2.47. The van der Waals surface area contributed by atoms with E-state index in [0.717, 1.165) is 87.7 Å². The van der Waals surface area contributed by atoms with Gasteiger partial charge in [-0.2, -0.15) is 4.98 Å². The van der Waals surface area contributed by atoms with Crippen LogP contribution in [0.5, 0.6) is 0 Å². The fourth-order valence-corrected chi connectivity index (χ4v) is 6.48. The summed E-state index contributed by atoms with van der Waals surface area (Å²) in [4.78, 5) is 28.8. The van der Waals surface area contributed by atoms with E-state index < -0.39 is 5.60 Å². The molecule has 0 unspecified atom stereocenters. The highest BCUT2D eigenvalue weighted by Crippen LogP contribution is 2.42. The Kier molecular flexibility index (Phi) is 7.63. The molecule has 1 amide bonds. The number of amides is 1. The number of rotatable bonds is 4. The van der Waals surface area contributed by atoms with E-state index in [-0.39, 0.29) is 11.5 Å². The van der Waals surface area contributed by atoms with Gasteiger partial charge in [0.25, 0.3) is 0 Å². The number of fused-ring (bicyclic) bond motifs is 1. The van der Waals surface area contributed by atoms with Gasteiger partial charge in [-0.05, 0) is 70.1 Å². The number of nitrogens with one attached hydrogen (secondary N) is 1. The van der Waals surface area contributed by atoms with Crippen LogP contribution in [0.25, 0.3) is 11.1 Å². The number of hydrogen-bond acceptors (Lipinski definition) is 9. The molecule has 3 aromatic rings. The lowest BCUT2D eigenvalue weighted by atomic mass is 9.72. The van der Waals surface area contributed by atoms with E-state index in [1.54, 1.807) is 6.26 Å². The van der Waals surface area contributed by atoms with Crippen LogP contribution in [0.2, 0.25) is 5.02 Å². The molecule has 41 heavy (non-hydrogen) atoms. The van der Waals surface area contributed by atoms with E-state index >= 15 is 0 Å². The summed E-state index contributed by atoms with van der Waals surface area (Å²) in [6.07, 6.45) is 5.51. The number of piperidine rings is 2. The zero-order valence-corrected chi connectivity index (χ0v) is 24.9. The molecule has 1 aromatic carbocycles. The number of nitrogens with zero attached hydrogens (tertiary/aromatic N) is 5. The number of aromatic nitrogens is 2. The molecule has 1 spiro atoms. The highest BCUT2D eigenvalue weighted by Gasteiger charge is 2.41. The molecule has 0 saturated carbocycles.